The van der Waals surface area contributed by atoms with Crippen LogP contribution in [-0.2, 0) is 11.3 Å². The van der Waals surface area contributed by atoms with Gasteiger partial charge in [-0.15, -0.1) is 11.3 Å². The fraction of sp³-hybridized carbons (Fsp3) is 0.143. The Balaban J connectivity index is 1.47. The summed E-state index contributed by atoms with van der Waals surface area (Å²) in [4.78, 5) is 25.3. The van der Waals surface area contributed by atoms with Gasteiger partial charge in [0.05, 0.1) is 13.7 Å². The van der Waals surface area contributed by atoms with Crippen molar-refractivity contribution in [2.45, 2.75) is 6.54 Å². The number of anilines is 1. The number of nitrogens with one attached hydrogen (secondary N) is 2. The quantitative estimate of drug-likeness (QED) is 0.609. The van der Waals surface area contributed by atoms with Crippen molar-refractivity contribution in [3.63, 3.8) is 0 Å². The number of methoxy groups -OCH3 is 1. The third-order valence-corrected chi connectivity index (χ3v) is 4.72. The summed E-state index contributed by atoms with van der Waals surface area (Å²) in [5.74, 6) is 0.726. The monoisotopic (exact) mass is 396 g/mol. The molecule has 0 aliphatic heterocycles. The predicted molar refractivity (Wildman–Crippen MR) is 109 cm³/mol. The largest absolute Gasteiger partial charge is 0.497 e. The van der Waals surface area contributed by atoms with Gasteiger partial charge in [0.15, 0.2) is 6.61 Å². The van der Waals surface area contributed by atoms with Crippen LogP contribution in [-0.4, -0.2) is 25.5 Å². The third-order valence-electron chi connectivity index (χ3n) is 3.84. The molecule has 7 heteroatoms. The molecule has 2 aromatic carbocycles. The molecule has 3 aromatic rings. The van der Waals surface area contributed by atoms with Crippen LogP contribution >= 0.6 is 11.3 Å². The van der Waals surface area contributed by atoms with E-state index < -0.39 is 0 Å². The first-order valence-corrected chi connectivity index (χ1v) is 9.49. The summed E-state index contributed by atoms with van der Waals surface area (Å²) in [7, 11) is 1.57. The molecule has 28 heavy (non-hydrogen) atoms. The highest BCUT2D eigenvalue weighted by Crippen LogP contribution is 2.17. The highest BCUT2D eigenvalue weighted by molar-refractivity contribution is 7.09. The number of hydrogen-bond donors (Lipinski definition) is 2. The summed E-state index contributed by atoms with van der Waals surface area (Å²) >= 11 is 1.59. The summed E-state index contributed by atoms with van der Waals surface area (Å²) < 4.78 is 10.6. The van der Waals surface area contributed by atoms with Crippen molar-refractivity contribution in [3.8, 4) is 11.5 Å². The minimum absolute atomic E-state index is 0.138. The van der Waals surface area contributed by atoms with E-state index in [2.05, 4.69) is 10.6 Å². The van der Waals surface area contributed by atoms with Gasteiger partial charge >= 0.3 is 0 Å². The van der Waals surface area contributed by atoms with Crippen LogP contribution in [0.3, 0.4) is 0 Å². The Morgan fingerprint density at radius 2 is 1.82 bits per heavy atom. The average Bonchev–Trinajstić information content (AvgIpc) is 3.24. The van der Waals surface area contributed by atoms with Crippen molar-refractivity contribution in [2.24, 2.45) is 0 Å². The zero-order chi connectivity index (χ0) is 19.8. The minimum atomic E-state index is -0.286. The summed E-state index contributed by atoms with van der Waals surface area (Å²) in [5.41, 5.74) is 1.16. The molecule has 2 amide bonds. The zero-order valence-electron chi connectivity index (χ0n) is 15.3. The lowest BCUT2D eigenvalue weighted by molar-refractivity contribution is -0.118. The molecule has 0 unspecified atom stereocenters. The first kappa shape index (κ1) is 19.4. The number of thiophene rings is 1. The average molecular weight is 396 g/mol. The summed E-state index contributed by atoms with van der Waals surface area (Å²) in [5, 5.41) is 7.57. The van der Waals surface area contributed by atoms with Gasteiger partial charge in [-0.25, -0.2) is 0 Å². The van der Waals surface area contributed by atoms with Gasteiger partial charge in [0.2, 0.25) is 0 Å². The number of ether oxygens (including phenoxy) is 2. The van der Waals surface area contributed by atoms with Crippen LogP contribution < -0.4 is 20.1 Å². The molecule has 1 aromatic heterocycles. The van der Waals surface area contributed by atoms with Crippen molar-refractivity contribution >= 4 is 28.8 Å². The normalized spacial score (nSPS) is 10.2. The van der Waals surface area contributed by atoms with Crippen molar-refractivity contribution in [3.05, 3.63) is 76.5 Å². The van der Waals surface area contributed by atoms with Gasteiger partial charge in [-0.1, -0.05) is 12.1 Å². The molecular formula is C21H20N2O4S. The van der Waals surface area contributed by atoms with Crippen molar-refractivity contribution < 1.29 is 19.1 Å². The van der Waals surface area contributed by atoms with Crippen LogP contribution in [0.1, 0.15) is 15.2 Å². The number of carbonyl (C=O) groups is 2. The zero-order valence-corrected chi connectivity index (χ0v) is 16.1. The maximum absolute atomic E-state index is 12.2. The Hall–Kier alpha value is -3.32. The van der Waals surface area contributed by atoms with Crippen molar-refractivity contribution in [2.75, 3.05) is 19.0 Å². The second-order valence-corrected chi connectivity index (χ2v) is 6.89. The topological polar surface area (TPSA) is 76.7 Å². The smallest absolute Gasteiger partial charge is 0.262 e. The SMILES string of the molecule is COc1cccc(NC(=O)COc2ccc(C(=O)NCc3cccs3)cc2)c1. The van der Waals surface area contributed by atoms with Crippen molar-refractivity contribution in [1.82, 2.24) is 5.32 Å². The van der Waals surface area contributed by atoms with Gasteiger partial charge in [0, 0.05) is 22.2 Å². The Morgan fingerprint density at radius 1 is 1.00 bits per heavy atom. The number of amides is 2. The molecule has 6 nitrogen and oxygen atoms in total. The Kier molecular flexibility index (Phi) is 6.64. The van der Waals surface area contributed by atoms with Gasteiger partial charge in [-0.3, -0.25) is 9.59 Å². The number of carbonyl (C=O) groups excluding carboxylic acids is 2. The Labute approximate surface area is 167 Å². The highest BCUT2D eigenvalue weighted by Gasteiger charge is 2.08. The van der Waals surface area contributed by atoms with E-state index in [4.69, 9.17) is 9.47 Å². The van der Waals surface area contributed by atoms with Crippen LogP contribution in [0.5, 0.6) is 11.5 Å². The minimum Gasteiger partial charge on any atom is -0.497 e. The predicted octanol–water partition coefficient (Wildman–Crippen LogP) is 3.70. The van der Waals surface area contributed by atoms with Crippen LogP contribution in [0.15, 0.2) is 66.0 Å². The third kappa shape index (κ3) is 5.59. The fourth-order valence-electron chi connectivity index (χ4n) is 2.43. The van der Waals surface area contributed by atoms with E-state index in [0.717, 1.165) is 4.88 Å². The molecule has 2 N–H and O–H groups in total. The molecule has 0 atom stereocenters. The van der Waals surface area contributed by atoms with E-state index in [1.807, 2.05) is 17.5 Å². The maximum atomic E-state index is 12.2. The number of benzene rings is 2. The fourth-order valence-corrected chi connectivity index (χ4v) is 3.08. The second-order valence-electron chi connectivity index (χ2n) is 5.86. The van der Waals surface area contributed by atoms with Gasteiger partial charge in [-0.2, -0.15) is 0 Å². The molecule has 0 fully saturated rings. The second kappa shape index (κ2) is 9.57. The molecule has 144 valence electrons. The lowest BCUT2D eigenvalue weighted by Gasteiger charge is -2.09. The molecular weight excluding hydrogens is 376 g/mol. The summed E-state index contributed by atoms with van der Waals surface area (Å²) in [6, 6.07) is 17.7. The first-order valence-electron chi connectivity index (χ1n) is 8.61. The van der Waals surface area contributed by atoms with E-state index >= 15 is 0 Å². The van der Waals surface area contributed by atoms with Crippen LogP contribution in [0, 0.1) is 0 Å². The van der Waals surface area contributed by atoms with Crippen molar-refractivity contribution in [1.29, 1.82) is 0 Å². The van der Waals surface area contributed by atoms with Gasteiger partial charge in [0.25, 0.3) is 11.8 Å². The van der Waals surface area contributed by atoms with Crippen LogP contribution in [0.25, 0.3) is 0 Å². The lowest BCUT2D eigenvalue weighted by Crippen LogP contribution is -2.22. The summed E-state index contributed by atoms with van der Waals surface area (Å²) in [6.07, 6.45) is 0. The van der Waals surface area contributed by atoms with Gasteiger partial charge in [-0.05, 0) is 47.8 Å². The van der Waals surface area contributed by atoms with Crippen LogP contribution in [0.2, 0.25) is 0 Å². The number of rotatable bonds is 8. The Morgan fingerprint density at radius 3 is 2.54 bits per heavy atom. The standard InChI is InChI=1S/C21H20N2O4S/c1-26-18-5-2-4-16(12-18)23-20(24)14-27-17-9-7-15(8-10-17)21(25)22-13-19-6-3-11-28-19/h2-12H,13-14H2,1H3,(H,22,25)(H,23,24). The van der Waals surface area contributed by atoms with Gasteiger partial charge in [0.1, 0.15) is 11.5 Å². The van der Waals surface area contributed by atoms with E-state index in [0.29, 0.717) is 29.3 Å². The molecule has 0 aliphatic carbocycles. The molecule has 0 spiro atoms. The van der Waals surface area contributed by atoms with E-state index in [-0.39, 0.29) is 18.4 Å². The molecule has 3 rings (SSSR count). The molecule has 0 bridgehead atoms. The molecule has 1 heterocycles. The molecule has 0 aliphatic rings. The first-order chi connectivity index (χ1) is 13.6. The van der Waals surface area contributed by atoms with E-state index in [1.165, 1.54) is 0 Å². The van der Waals surface area contributed by atoms with E-state index in [9.17, 15) is 9.59 Å². The van der Waals surface area contributed by atoms with E-state index in [1.54, 1.807) is 67.0 Å². The maximum Gasteiger partial charge on any atom is 0.262 e. The van der Waals surface area contributed by atoms with Gasteiger partial charge < -0.3 is 20.1 Å². The molecule has 0 radical (unpaired) electrons. The lowest BCUT2D eigenvalue weighted by atomic mass is 10.2. The number of hydrogen-bond acceptors (Lipinski definition) is 5. The highest BCUT2D eigenvalue weighted by atomic mass is 32.1. The molecule has 0 saturated carbocycles. The summed E-state index contributed by atoms with van der Waals surface area (Å²) in [6.45, 7) is 0.361. The molecule has 0 saturated heterocycles. The Bertz CT molecular complexity index is 924. The van der Waals surface area contributed by atoms with Crippen LogP contribution in [0.4, 0.5) is 5.69 Å².